The SMILES string of the molecule is Cc1ccc(-n2ncc3c(C4CC4)nn(CC(=O)Nc4ccc(Cl)cc4)c(=O)c32)c(C)c1. The topological polar surface area (TPSA) is 81.8 Å². The molecule has 0 unspecified atom stereocenters. The van der Waals surface area contributed by atoms with Crippen LogP contribution in [-0.4, -0.2) is 25.5 Å². The summed E-state index contributed by atoms with van der Waals surface area (Å²) in [6.45, 7) is 3.84. The molecule has 1 aliphatic rings. The van der Waals surface area contributed by atoms with E-state index in [0.29, 0.717) is 22.1 Å². The van der Waals surface area contributed by atoms with Gasteiger partial charge in [0.1, 0.15) is 12.1 Å². The maximum Gasteiger partial charge on any atom is 0.293 e. The number of halogens is 1. The molecule has 2 heterocycles. The summed E-state index contributed by atoms with van der Waals surface area (Å²) in [4.78, 5) is 26.1. The van der Waals surface area contributed by atoms with Crippen LogP contribution in [0.4, 0.5) is 5.69 Å². The quantitative estimate of drug-likeness (QED) is 0.492. The van der Waals surface area contributed by atoms with E-state index in [1.807, 2.05) is 26.0 Å². The largest absolute Gasteiger partial charge is 0.324 e. The number of hydrogen-bond donors (Lipinski definition) is 1. The molecule has 162 valence electrons. The second-order valence-corrected chi connectivity index (χ2v) is 8.72. The zero-order valence-electron chi connectivity index (χ0n) is 17.8. The average Bonchev–Trinajstić information content (AvgIpc) is 3.50. The minimum absolute atomic E-state index is 0.185. The van der Waals surface area contributed by atoms with Crippen LogP contribution in [0.15, 0.2) is 53.5 Å². The number of carbonyl (C=O) groups is 1. The standard InChI is InChI=1S/C24H22ClN5O2/c1-14-3-10-20(15(2)11-14)30-23-19(12-26-30)22(16-4-5-16)28-29(24(23)32)13-21(31)27-18-8-6-17(25)7-9-18/h3,6-12,16H,4-5,13H2,1-2H3,(H,27,31). The van der Waals surface area contributed by atoms with E-state index < -0.39 is 0 Å². The molecule has 0 saturated heterocycles. The molecule has 2 aromatic heterocycles. The minimum atomic E-state index is -0.340. The number of nitrogens with zero attached hydrogens (tertiary/aromatic N) is 4. The van der Waals surface area contributed by atoms with Crippen molar-refractivity contribution in [1.29, 1.82) is 0 Å². The fourth-order valence-corrected chi connectivity index (χ4v) is 4.08. The lowest BCUT2D eigenvalue weighted by Gasteiger charge is -2.12. The number of aryl methyl sites for hydroxylation is 2. The molecule has 8 heteroatoms. The Morgan fingerprint density at radius 1 is 1.16 bits per heavy atom. The maximum absolute atomic E-state index is 13.4. The molecule has 0 radical (unpaired) electrons. The molecule has 0 bridgehead atoms. The average molecular weight is 448 g/mol. The molecule has 2 aromatic carbocycles. The summed E-state index contributed by atoms with van der Waals surface area (Å²) in [6.07, 6.45) is 3.76. The van der Waals surface area contributed by atoms with Crippen LogP contribution in [0.25, 0.3) is 16.6 Å². The van der Waals surface area contributed by atoms with E-state index >= 15 is 0 Å². The van der Waals surface area contributed by atoms with E-state index in [4.69, 9.17) is 11.6 Å². The van der Waals surface area contributed by atoms with Crippen molar-refractivity contribution >= 4 is 34.1 Å². The lowest BCUT2D eigenvalue weighted by Crippen LogP contribution is -2.31. The number of carbonyl (C=O) groups excluding carboxylic acids is 1. The predicted octanol–water partition coefficient (Wildman–Crippen LogP) is 4.37. The molecule has 4 aromatic rings. The van der Waals surface area contributed by atoms with Gasteiger partial charge in [0, 0.05) is 22.0 Å². The van der Waals surface area contributed by atoms with E-state index in [0.717, 1.165) is 40.7 Å². The minimum Gasteiger partial charge on any atom is -0.324 e. The normalized spacial score (nSPS) is 13.5. The number of rotatable bonds is 5. The second kappa shape index (κ2) is 7.91. The van der Waals surface area contributed by atoms with Gasteiger partial charge in [-0.1, -0.05) is 29.3 Å². The van der Waals surface area contributed by atoms with Gasteiger partial charge in [-0.2, -0.15) is 10.2 Å². The van der Waals surface area contributed by atoms with E-state index in [-0.39, 0.29) is 18.0 Å². The first-order valence-electron chi connectivity index (χ1n) is 10.5. The summed E-state index contributed by atoms with van der Waals surface area (Å²) >= 11 is 5.91. The Morgan fingerprint density at radius 3 is 2.59 bits per heavy atom. The van der Waals surface area contributed by atoms with Gasteiger partial charge >= 0.3 is 0 Å². The molecule has 7 nitrogen and oxygen atoms in total. The van der Waals surface area contributed by atoms with Crippen LogP contribution < -0.4 is 10.9 Å². The van der Waals surface area contributed by atoms with Crippen molar-refractivity contribution in [3.63, 3.8) is 0 Å². The monoisotopic (exact) mass is 447 g/mol. The van der Waals surface area contributed by atoms with Gasteiger partial charge in [0.25, 0.3) is 5.56 Å². The first-order valence-corrected chi connectivity index (χ1v) is 10.9. The molecular weight excluding hydrogens is 426 g/mol. The number of aromatic nitrogens is 4. The van der Waals surface area contributed by atoms with E-state index in [1.165, 1.54) is 4.68 Å². The van der Waals surface area contributed by atoms with Gasteiger partial charge in [0.2, 0.25) is 5.91 Å². The van der Waals surface area contributed by atoms with Crippen molar-refractivity contribution in [2.24, 2.45) is 0 Å². The van der Waals surface area contributed by atoms with Crippen molar-refractivity contribution in [2.45, 2.75) is 39.2 Å². The first kappa shape index (κ1) is 20.5. The molecular formula is C24H22ClN5O2. The van der Waals surface area contributed by atoms with Gasteiger partial charge in [-0.05, 0) is 62.6 Å². The van der Waals surface area contributed by atoms with Crippen LogP contribution in [0.5, 0.6) is 0 Å². The molecule has 1 fully saturated rings. The fourth-order valence-electron chi connectivity index (χ4n) is 3.95. The van der Waals surface area contributed by atoms with Crippen molar-refractivity contribution in [2.75, 3.05) is 5.32 Å². The van der Waals surface area contributed by atoms with Crippen molar-refractivity contribution in [3.8, 4) is 5.69 Å². The number of nitrogens with one attached hydrogen (secondary N) is 1. The third-order valence-corrected chi connectivity index (χ3v) is 5.93. The van der Waals surface area contributed by atoms with Gasteiger partial charge < -0.3 is 5.32 Å². The summed E-state index contributed by atoms with van der Waals surface area (Å²) in [6, 6.07) is 12.8. The molecule has 1 saturated carbocycles. The number of anilines is 1. The van der Waals surface area contributed by atoms with Crippen molar-refractivity contribution in [3.05, 3.63) is 80.9 Å². The van der Waals surface area contributed by atoms with E-state index in [2.05, 4.69) is 21.6 Å². The first-order chi connectivity index (χ1) is 15.4. The van der Waals surface area contributed by atoms with Crippen molar-refractivity contribution in [1.82, 2.24) is 19.6 Å². The Bertz CT molecular complexity index is 1400. The molecule has 1 N–H and O–H groups in total. The van der Waals surface area contributed by atoms with Crippen LogP contribution in [0, 0.1) is 13.8 Å². The van der Waals surface area contributed by atoms with Gasteiger partial charge in [0.05, 0.1) is 17.6 Å². The highest BCUT2D eigenvalue weighted by atomic mass is 35.5. The third-order valence-electron chi connectivity index (χ3n) is 5.68. The van der Waals surface area contributed by atoms with Gasteiger partial charge in [0.15, 0.2) is 0 Å². The Hall–Kier alpha value is -3.45. The number of benzene rings is 2. The number of hydrogen-bond acceptors (Lipinski definition) is 4. The zero-order chi connectivity index (χ0) is 22.4. The van der Waals surface area contributed by atoms with E-state index in [1.54, 1.807) is 35.1 Å². The lowest BCUT2D eigenvalue weighted by atomic mass is 10.1. The molecule has 1 aliphatic carbocycles. The highest BCUT2D eigenvalue weighted by molar-refractivity contribution is 6.30. The molecule has 0 spiro atoms. The summed E-state index contributed by atoms with van der Waals surface area (Å²) in [5.41, 5.74) is 4.55. The highest BCUT2D eigenvalue weighted by Gasteiger charge is 2.30. The van der Waals surface area contributed by atoms with Gasteiger partial charge in [-0.15, -0.1) is 0 Å². The Morgan fingerprint density at radius 2 is 1.91 bits per heavy atom. The summed E-state index contributed by atoms with van der Waals surface area (Å²) < 4.78 is 2.93. The Labute approximate surface area is 189 Å². The van der Waals surface area contributed by atoms with Crippen LogP contribution >= 0.6 is 11.6 Å². The summed E-state index contributed by atoms with van der Waals surface area (Å²) in [5, 5.41) is 13.2. The number of amides is 1. The van der Waals surface area contributed by atoms with Gasteiger partial charge in [-0.3, -0.25) is 9.59 Å². The van der Waals surface area contributed by atoms with Crippen molar-refractivity contribution < 1.29 is 4.79 Å². The maximum atomic E-state index is 13.4. The molecule has 5 rings (SSSR count). The summed E-state index contributed by atoms with van der Waals surface area (Å²) in [5.74, 6) is -0.0407. The second-order valence-electron chi connectivity index (χ2n) is 8.29. The fraction of sp³-hybridized carbons (Fsp3) is 0.250. The van der Waals surface area contributed by atoms with E-state index in [9.17, 15) is 9.59 Å². The molecule has 0 aliphatic heterocycles. The summed E-state index contributed by atoms with van der Waals surface area (Å²) in [7, 11) is 0. The third kappa shape index (κ3) is 3.80. The Balaban J connectivity index is 1.57. The smallest absolute Gasteiger partial charge is 0.293 e. The molecule has 32 heavy (non-hydrogen) atoms. The van der Waals surface area contributed by atoms with Crippen LogP contribution in [0.3, 0.4) is 0 Å². The predicted molar refractivity (Wildman–Crippen MR) is 125 cm³/mol. The molecule has 1 amide bonds. The zero-order valence-corrected chi connectivity index (χ0v) is 18.6. The van der Waals surface area contributed by atoms with Gasteiger partial charge in [-0.25, -0.2) is 9.36 Å². The Kier molecular flexibility index (Phi) is 5.06. The van der Waals surface area contributed by atoms with Crippen LogP contribution in [-0.2, 0) is 11.3 Å². The van der Waals surface area contributed by atoms with Crippen LogP contribution in [0.1, 0.15) is 35.6 Å². The highest BCUT2D eigenvalue weighted by Crippen LogP contribution is 2.41. The number of fused-ring (bicyclic) bond motifs is 1. The molecule has 0 atom stereocenters. The lowest BCUT2D eigenvalue weighted by molar-refractivity contribution is -0.117. The van der Waals surface area contributed by atoms with Crippen LogP contribution in [0.2, 0.25) is 5.02 Å².